The molecular formula is C35H50Br2N2O2S2. The van der Waals surface area contributed by atoms with Crippen molar-refractivity contribution in [2.75, 3.05) is 13.1 Å². The zero-order chi connectivity index (χ0) is 31.5. The van der Waals surface area contributed by atoms with Crippen LogP contribution in [0.15, 0.2) is 43.0 Å². The molecule has 0 fully saturated rings. The molecule has 4 nitrogen and oxygen atoms in total. The molecule has 4 heterocycles. The molecular weight excluding hydrogens is 704 g/mol. The van der Waals surface area contributed by atoms with Gasteiger partial charge in [0.1, 0.15) is 0 Å². The summed E-state index contributed by atoms with van der Waals surface area (Å²) in [5.74, 6) is 2.01. The molecule has 2 aromatic rings. The number of fused-ring (bicyclic) bond motifs is 1. The lowest BCUT2D eigenvalue weighted by atomic mass is 9.83. The highest BCUT2D eigenvalue weighted by molar-refractivity contribution is 9.11. The molecule has 2 aliphatic rings. The smallest absolute Gasteiger partial charge is 0.261 e. The van der Waals surface area contributed by atoms with E-state index in [1.165, 1.54) is 32.1 Å². The number of hydrogen-bond donors (Lipinski definition) is 1. The minimum absolute atomic E-state index is 0.0264. The van der Waals surface area contributed by atoms with Gasteiger partial charge in [-0.25, -0.2) is 0 Å². The molecule has 43 heavy (non-hydrogen) atoms. The van der Waals surface area contributed by atoms with E-state index >= 15 is 0 Å². The molecule has 0 aromatic carbocycles. The van der Waals surface area contributed by atoms with Gasteiger partial charge in [-0.15, -0.1) is 22.7 Å². The van der Waals surface area contributed by atoms with Crippen LogP contribution in [-0.2, 0) is 4.79 Å². The molecule has 0 bridgehead atoms. The number of nitrogens with zero attached hydrogens (tertiary/aromatic N) is 2. The largest absolute Gasteiger partial charge is 0.369 e. The number of aliphatic hydroxyl groups excluding tert-OH is 1. The zero-order valence-corrected chi connectivity index (χ0v) is 31.8. The Morgan fingerprint density at radius 1 is 0.814 bits per heavy atom. The van der Waals surface area contributed by atoms with Gasteiger partial charge in [-0.2, -0.15) is 0 Å². The number of aliphatic hydroxyl groups is 1. The molecule has 2 atom stereocenters. The fourth-order valence-corrected chi connectivity index (χ4v) is 9.19. The third kappa shape index (κ3) is 8.66. The molecule has 1 unspecified atom stereocenters. The van der Waals surface area contributed by atoms with Crippen molar-refractivity contribution in [3.05, 3.63) is 52.7 Å². The zero-order valence-electron chi connectivity index (χ0n) is 27.0. The quantitative estimate of drug-likeness (QED) is 0.186. The van der Waals surface area contributed by atoms with Gasteiger partial charge >= 0.3 is 0 Å². The van der Waals surface area contributed by atoms with Crippen molar-refractivity contribution in [3.8, 4) is 0 Å². The van der Waals surface area contributed by atoms with Crippen molar-refractivity contribution >= 4 is 71.8 Å². The Balaban J connectivity index is 1.67. The van der Waals surface area contributed by atoms with Crippen LogP contribution < -0.4 is 0 Å². The highest BCUT2D eigenvalue weighted by atomic mass is 79.9. The summed E-state index contributed by atoms with van der Waals surface area (Å²) < 4.78 is 2.05. The van der Waals surface area contributed by atoms with E-state index < -0.39 is 6.23 Å². The van der Waals surface area contributed by atoms with E-state index in [9.17, 15) is 9.90 Å². The SMILES string of the molecule is CC(C)CCC[C@H](C)CCN1C(c2ccc(Br)s2)=C2C(=O)N(CCC(C)(C)CCCC(C)C)C(c3ccc(Br)s3)=C2C1O. The molecule has 0 radical (unpaired) electrons. The van der Waals surface area contributed by atoms with E-state index in [0.717, 1.165) is 66.0 Å². The highest BCUT2D eigenvalue weighted by Crippen LogP contribution is 2.51. The summed E-state index contributed by atoms with van der Waals surface area (Å²) >= 11 is 10.6. The van der Waals surface area contributed by atoms with Crippen LogP contribution in [0.1, 0.15) is 110 Å². The van der Waals surface area contributed by atoms with Crippen molar-refractivity contribution in [2.45, 2.75) is 106 Å². The fourth-order valence-electron chi connectivity index (χ4n) is 6.29. The summed E-state index contributed by atoms with van der Waals surface area (Å²) in [5.41, 5.74) is 3.38. The maximum atomic E-state index is 14.5. The lowest BCUT2D eigenvalue weighted by molar-refractivity contribution is -0.123. The molecule has 238 valence electrons. The molecule has 0 saturated carbocycles. The Labute approximate surface area is 284 Å². The number of carbonyl (C=O) groups excluding carboxylic acids is 1. The third-order valence-corrected chi connectivity index (χ3v) is 12.2. The summed E-state index contributed by atoms with van der Waals surface area (Å²) in [4.78, 5) is 20.6. The second-order valence-electron chi connectivity index (χ2n) is 14.1. The maximum Gasteiger partial charge on any atom is 0.261 e. The predicted molar refractivity (Wildman–Crippen MR) is 192 cm³/mol. The molecule has 4 rings (SSSR count). The molecule has 1 N–H and O–H groups in total. The molecule has 8 heteroatoms. The number of hydrogen-bond acceptors (Lipinski definition) is 5. The Bertz CT molecular complexity index is 1320. The van der Waals surface area contributed by atoms with Crippen LogP contribution in [0.2, 0.25) is 0 Å². The lowest BCUT2D eigenvalue weighted by Gasteiger charge is -2.31. The molecule has 0 aliphatic carbocycles. The van der Waals surface area contributed by atoms with Crippen molar-refractivity contribution in [1.82, 2.24) is 9.80 Å². The first-order valence-electron chi connectivity index (χ1n) is 16.1. The average Bonchev–Trinajstić information content (AvgIpc) is 3.66. The number of thiophene rings is 2. The first-order valence-corrected chi connectivity index (χ1v) is 19.3. The normalized spacial score (nSPS) is 18.3. The standard InChI is InChI=1S/C35H50Br2N2O2S2/c1-22(2)10-8-12-24(5)17-20-38-31(25-13-15-27(36)42-25)29-30(33(38)40)32(26-14-16-28(37)43-26)39(34(29)41)21-19-35(6,7)18-9-11-23(3)4/h13-16,22-24,33,40H,8-12,17-21H2,1-7H3/t24-,33?/m0/s1. The van der Waals surface area contributed by atoms with Crippen molar-refractivity contribution < 1.29 is 9.90 Å². The van der Waals surface area contributed by atoms with Gasteiger partial charge in [-0.05, 0) is 98.6 Å². The second-order valence-corrected chi connectivity index (χ2v) is 19.1. The van der Waals surface area contributed by atoms with E-state index in [-0.39, 0.29) is 11.3 Å². The molecule has 0 saturated heterocycles. The van der Waals surface area contributed by atoms with Crippen LogP contribution in [0.3, 0.4) is 0 Å². The number of rotatable bonds is 16. The van der Waals surface area contributed by atoms with Crippen molar-refractivity contribution in [2.24, 2.45) is 23.2 Å². The Kier molecular flexibility index (Phi) is 12.3. The van der Waals surface area contributed by atoms with E-state index in [1.54, 1.807) is 22.7 Å². The molecule has 0 spiro atoms. The number of carbonyl (C=O) groups is 1. The minimum Gasteiger partial charge on any atom is -0.369 e. The third-order valence-electron chi connectivity index (χ3n) is 8.93. The minimum atomic E-state index is -0.849. The predicted octanol–water partition coefficient (Wildman–Crippen LogP) is 11.0. The lowest BCUT2D eigenvalue weighted by Crippen LogP contribution is -2.34. The van der Waals surface area contributed by atoms with Gasteiger partial charge in [0.25, 0.3) is 5.91 Å². The van der Waals surface area contributed by atoms with Gasteiger partial charge < -0.3 is 14.9 Å². The first-order chi connectivity index (χ1) is 20.3. The Morgan fingerprint density at radius 2 is 1.40 bits per heavy atom. The van der Waals surface area contributed by atoms with Crippen LogP contribution in [0, 0.1) is 23.2 Å². The van der Waals surface area contributed by atoms with Crippen LogP contribution in [0.25, 0.3) is 11.4 Å². The fraction of sp³-hybridized carbons (Fsp3) is 0.629. The summed E-state index contributed by atoms with van der Waals surface area (Å²) in [7, 11) is 0. The number of halogens is 2. The van der Waals surface area contributed by atoms with Crippen LogP contribution in [0.4, 0.5) is 0 Å². The van der Waals surface area contributed by atoms with Gasteiger partial charge in [-0.3, -0.25) is 4.79 Å². The topological polar surface area (TPSA) is 43.8 Å². The molecule has 1 amide bonds. The highest BCUT2D eigenvalue weighted by Gasteiger charge is 2.49. The summed E-state index contributed by atoms with van der Waals surface area (Å²) in [6, 6.07) is 8.26. The van der Waals surface area contributed by atoms with Gasteiger partial charge in [0, 0.05) is 18.7 Å². The summed E-state index contributed by atoms with van der Waals surface area (Å²) in [5, 5.41) is 12.1. The first kappa shape index (κ1) is 34.9. The average molecular weight is 755 g/mol. The van der Waals surface area contributed by atoms with Crippen LogP contribution >= 0.6 is 54.5 Å². The van der Waals surface area contributed by atoms with Crippen molar-refractivity contribution in [1.29, 1.82) is 0 Å². The van der Waals surface area contributed by atoms with Crippen LogP contribution in [0.5, 0.6) is 0 Å². The summed E-state index contributed by atoms with van der Waals surface area (Å²) in [6.07, 6.45) is 8.30. The van der Waals surface area contributed by atoms with E-state index in [1.807, 2.05) is 17.0 Å². The van der Waals surface area contributed by atoms with E-state index in [0.29, 0.717) is 24.0 Å². The second kappa shape index (κ2) is 15.1. The van der Waals surface area contributed by atoms with Crippen LogP contribution in [-0.4, -0.2) is 40.1 Å². The van der Waals surface area contributed by atoms with E-state index in [4.69, 9.17) is 0 Å². The van der Waals surface area contributed by atoms with Gasteiger partial charge in [0.15, 0.2) is 6.23 Å². The monoisotopic (exact) mass is 752 g/mol. The van der Waals surface area contributed by atoms with Gasteiger partial charge in [0.2, 0.25) is 0 Å². The Morgan fingerprint density at radius 3 is 1.95 bits per heavy atom. The Hall–Kier alpha value is -0.930. The van der Waals surface area contributed by atoms with Gasteiger partial charge in [-0.1, -0.05) is 80.6 Å². The van der Waals surface area contributed by atoms with E-state index in [2.05, 4.69) is 97.4 Å². The number of amides is 1. The molecule has 2 aliphatic heterocycles. The van der Waals surface area contributed by atoms with Gasteiger partial charge in [0.05, 0.1) is 34.3 Å². The summed E-state index contributed by atoms with van der Waals surface area (Å²) in [6.45, 7) is 17.5. The molecule has 2 aromatic heterocycles. The maximum absolute atomic E-state index is 14.5. The van der Waals surface area contributed by atoms with Crippen molar-refractivity contribution in [3.63, 3.8) is 0 Å².